The molecule has 3 nitrogen and oxygen atoms in total. The summed E-state index contributed by atoms with van der Waals surface area (Å²) >= 11 is 0. The van der Waals surface area contributed by atoms with E-state index in [1.165, 1.54) is 6.08 Å². The molecule has 0 aliphatic heterocycles. The Kier molecular flexibility index (Phi) is 9.55. The third kappa shape index (κ3) is 9.38. The number of hydrogen-bond donors (Lipinski definition) is 1. The van der Waals surface area contributed by atoms with Gasteiger partial charge in [-0.05, 0) is 0 Å². The van der Waals surface area contributed by atoms with Gasteiger partial charge in [0.25, 0.3) is 0 Å². The van der Waals surface area contributed by atoms with Crippen LogP contribution in [-0.4, -0.2) is 17.9 Å². The first-order valence-electron chi connectivity index (χ1n) is 1.74. The van der Waals surface area contributed by atoms with E-state index in [1.54, 1.807) is 0 Å². The first-order chi connectivity index (χ1) is 3.27. The van der Waals surface area contributed by atoms with Gasteiger partial charge >= 0.3 is 35.7 Å². The van der Waals surface area contributed by atoms with E-state index in [0.717, 1.165) is 0 Å². The van der Waals surface area contributed by atoms with Crippen LogP contribution in [0.15, 0.2) is 12.7 Å². The van der Waals surface area contributed by atoms with Crippen LogP contribution < -0.4 is 29.6 Å². The van der Waals surface area contributed by atoms with Gasteiger partial charge in [0.1, 0.15) is 6.61 Å². The molecule has 0 bridgehead atoms. The van der Waals surface area contributed by atoms with Crippen molar-refractivity contribution in [3.8, 4) is 0 Å². The van der Waals surface area contributed by atoms with Crippen LogP contribution in [0.25, 0.3) is 0 Å². The molecule has 0 aromatic carbocycles. The van der Waals surface area contributed by atoms with Crippen molar-refractivity contribution in [2.45, 2.75) is 0 Å². The number of carboxylic acid groups (broad SMARTS) is 1. The summed E-state index contributed by atoms with van der Waals surface area (Å²) < 4.78 is 3.99. The van der Waals surface area contributed by atoms with Gasteiger partial charge in [-0.25, -0.2) is 4.79 Å². The first kappa shape index (κ1) is 10.9. The molecule has 0 radical (unpaired) electrons. The minimum atomic E-state index is -1.26. The summed E-state index contributed by atoms with van der Waals surface area (Å²) in [7, 11) is 0. The monoisotopic (exact) mass is 126 g/mol. The molecule has 0 aliphatic carbocycles. The van der Waals surface area contributed by atoms with E-state index in [1.807, 2.05) is 0 Å². The van der Waals surface area contributed by atoms with E-state index < -0.39 is 6.16 Å². The van der Waals surface area contributed by atoms with Crippen LogP contribution in [0.4, 0.5) is 4.79 Å². The first-order valence-corrected chi connectivity index (χ1v) is 1.74. The Balaban J connectivity index is -0.000000180. The van der Waals surface area contributed by atoms with Crippen LogP contribution in [0.2, 0.25) is 0 Å². The molecule has 0 saturated carbocycles. The molecule has 8 heavy (non-hydrogen) atoms. The molecule has 0 aromatic heterocycles. The van der Waals surface area contributed by atoms with Gasteiger partial charge in [0, 0.05) is 0 Å². The van der Waals surface area contributed by atoms with E-state index in [4.69, 9.17) is 5.11 Å². The number of rotatable bonds is 2. The van der Waals surface area contributed by atoms with E-state index >= 15 is 0 Å². The fourth-order valence-electron chi connectivity index (χ4n) is 0.130. The van der Waals surface area contributed by atoms with E-state index in [-0.39, 0.29) is 37.6 Å². The Labute approximate surface area is 71.1 Å². The Bertz CT molecular complexity index is 85.9. The maximum atomic E-state index is 9.49. The molecule has 0 unspecified atom stereocenters. The zero-order valence-corrected chi connectivity index (χ0v) is 6.76. The molecule has 0 saturated heterocycles. The summed E-state index contributed by atoms with van der Waals surface area (Å²) in [5, 5.41) is 7.77. The predicted octanol–water partition coefficient (Wildman–Crippen LogP) is -2.02. The zero-order chi connectivity index (χ0) is 5.70. The molecule has 0 heterocycles. The normalized spacial score (nSPS) is 6.50. The summed E-state index contributed by atoms with van der Waals surface area (Å²) in [6.45, 7) is 3.31. The number of carbonyl (C=O) groups is 1. The molecule has 0 atom stereocenters. The fourth-order valence-corrected chi connectivity index (χ4v) is 0.130. The third-order valence-corrected chi connectivity index (χ3v) is 0.325. The van der Waals surface area contributed by atoms with Crippen LogP contribution >= 0.6 is 0 Å². The van der Waals surface area contributed by atoms with Crippen molar-refractivity contribution in [1.82, 2.24) is 0 Å². The minimum Gasteiger partial charge on any atom is -1.00 e. The Hall–Kier alpha value is 0.0100. The molecule has 0 spiro atoms. The Morgan fingerprint density at radius 3 is 2.62 bits per heavy atom. The van der Waals surface area contributed by atoms with E-state index in [9.17, 15) is 4.79 Å². The average molecular weight is 126 g/mol. The second-order valence-electron chi connectivity index (χ2n) is 0.866. The van der Waals surface area contributed by atoms with E-state index in [0.29, 0.717) is 0 Å². The second-order valence-corrected chi connectivity index (χ2v) is 0.866. The number of hydrogen-bond acceptors (Lipinski definition) is 2. The molecule has 42 valence electrons. The van der Waals surface area contributed by atoms with E-state index in [2.05, 4.69) is 11.3 Å². The summed E-state index contributed by atoms with van der Waals surface area (Å²) in [5.74, 6) is 0. The van der Waals surface area contributed by atoms with Crippen molar-refractivity contribution in [3.63, 3.8) is 0 Å². The van der Waals surface area contributed by atoms with Crippen molar-refractivity contribution in [3.05, 3.63) is 12.7 Å². The quantitative estimate of drug-likeness (QED) is 0.264. The maximum absolute atomic E-state index is 9.49. The van der Waals surface area contributed by atoms with Crippen LogP contribution in [0, 0.1) is 0 Å². The van der Waals surface area contributed by atoms with Crippen molar-refractivity contribution in [2.75, 3.05) is 6.61 Å². The largest absolute Gasteiger partial charge is 1.00 e. The van der Waals surface area contributed by atoms with Crippen LogP contribution in [-0.2, 0) is 4.74 Å². The van der Waals surface area contributed by atoms with Crippen molar-refractivity contribution in [2.24, 2.45) is 0 Å². The maximum Gasteiger partial charge on any atom is 1.00 e. The van der Waals surface area contributed by atoms with Gasteiger partial charge in [0.05, 0.1) is 0 Å². The van der Waals surface area contributed by atoms with Crippen molar-refractivity contribution < 1.29 is 45.6 Å². The van der Waals surface area contributed by atoms with Gasteiger partial charge < -0.3 is 11.3 Å². The van der Waals surface area contributed by atoms with Gasteiger partial charge in [-0.15, -0.1) is 0 Å². The summed E-state index contributed by atoms with van der Waals surface area (Å²) in [6, 6.07) is 0. The number of ether oxygens (including phenoxy) is 1. The SMILES string of the molecule is C=CCOC(=O)O.[H-].[Na+]. The van der Waals surface area contributed by atoms with Gasteiger partial charge in [0.15, 0.2) is 0 Å². The van der Waals surface area contributed by atoms with Gasteiger partial charge in [-0.3, -0.25) is 0 Å². The molecule has 0 aliphatic rings. The van der Waals surface area contributed by atoms with Gasteiger partial charge in [0.2, 0.25) is 0 Å². The molecule has 4 heteroatoms. The molecule has 1 N–H and O–H groups in total. The molecule has 0 aromatic rings. The van der Waals surface area contributed by atoms with Crippen molar-refractivity contribution >= 4 is 6.16 Å². The minimum absolute atomic E-state index is 0. The summed E-state index contributed by atoms with van der Waals surface area (Å²) in [6.07, 6.45) is 0.105. The van der Waals surface area contributed by atoms with Gasteiger partial charge in [-0.2, -0.15) is 0 Å². The smallest absolute Gasteiger partial charge is 1.00 e. The molecular formula is C4H7NaO3. The Morgan fingerprint density at radius 1 is 2.00 bits per heavy atom. The van der Waals surface area contributed by atoms with Crippen LogP contribution in [0.3, 0.4) is 0 Å². The average Bonchev–Trinajstić information content (AvgIpc) is 1.61. The van der Waals surface area contributed by atoms with Crippen LogP contribution in [0.1, 0.15) is 1.43 Å². The fraction of sp³-hybridized carbons (Fsp3) is 0.250. The van der Waals surface area contributed by atoms with Gasteiger partial charge in [-0.1, -0.05) is 12.7 Å². The second kappa shape index (κ2) is 7.01. The summed E-state index contributed by atoms with van der Waals surface area (Å²) in [5.41, 5.74) is 0. The zero-order valence-electron chi connectivity index (χ0n) is 5.76. The van der Waals surface area contributed by atoms with Crippen LogP contribution in [0.5, 0.6) is 0 Å². The van der Waals surface area contributed by atoms with Crippen molar-refractivity contribution in [1.29, 1.82) is 0 Å². The summed E-state index contributed by atoms with van der Waals surface area (Å²) in [4.78, 5) is 9.49. The Morgan fingerprint density at radius 2 is 2.50 bits per heavy atom. The topological polar surface area (TPSA) is 46.5 Å². The predicted molar refractivity (Wildman–Crippen MR) is 25.3 cm³/mol. The standard InChI is InChI=1S/C4H6O3.Na.H/c1-2-3-7-4(5)6;;/h2H,1,3H2,(H,5,6);;/q;+1;-1. The third-order valence-electron chi connectivity index (χ3n) is 0.325. The molecule has 0 amide bonds. The molecule has 0 fully saturated rings. The molecular weight excluding hydrogens is 119 g/mol. The molecule has 0 rings (SSSR count).